The van der Waals surface area contributed by atoms with E-state index in [-0.39, 0.29) is 5.91 Å². The molecule has 3 N–H and O–H groups in total. The fourth-order valence-electron chi connectivity index (χ4n) is 1.99. The minimum Gasteiger partial charge on any atom is -0.368 e. The number of amides is 2. The first kappa shape index (κ1) is 13.3. The van der Waals surface area contributed by atoms with Gasteiger partial charge in [-0.05, 0) is 40.8 Å². The van der Waals surface area contributed by atoms with Crippen molar-refractivity contribution in [3.63, 3.8) is 0 Å². The van der Waals surface area contributed by atoms with Crippen LogP contribution in [0.15, 0.2) is 24.3 Å². The second-order valence-electron chi connectivity index (χ2n) is 4.13. The van der Waals surface area contributed by atoms with Crippen molar-refractivity contribution in [2.75, 3.05) is 19.6 Å². The van der Waals surface area contributed by atoms with Crippen LogP contribution in [0, 0.1) is 3.57 Å². The molecular weight excluding hydrogens is 345 g/mol. The minimum atomic E-state index is -0.566. The van der Waals surface area contributed by atoms with Crippen molar-refractivity contribution >= 4 is 34.4 Å². The number of nitrogens with one attached hydrogen (secondary N) is 1. The van der Waals surface area contributed by atoms with E-state index < -0.39 is 11.9 Å². The number of carbonyl (C=O) groups is 2. The highest BCUT2D eigenvalue weighted by atomic mass is 127. The summed E-state index contributed by atoms with van der Waals surface area (Å²) in [7, 11) is 0. The number of primary amides is 1. The third kappa shape index (κ3) is 2.81. The SMILES string of the molecule is NC(=O)C1CNCCN1C(=O)c1cccc(I)c1. The van der Waals surface area contributed by atoms with Crippen LogP contribution >= 0.6 is 22.6 Å². The predicted octanol–water partition coefficient (Wildman–Crippen LogP) is 0.191. The monoisotopic (exact) mass is 359 g/mol. The van der Waals surface area contributed by atoms with Crippen LogP contribution in [0.3, 0.4) is 0 Å². The fraction of sp³-hybridized carbons (Fsp3) is 0.333. The fourth-order valence-corrected chi connectivity index (χ4v) is 2.53. The predicted molar refractivity (Wildman–Crippen MR) is 76.0 cm³/mol. The van der Waals surface area contributed by atoms with Crippen LogP contribution in [0.5, 0.6) is 0 Å². The van der Waals surface area contributed by atoms with E-state index in [0.29, 0.717) is 25.2 Å². The molecule has 0 saturated carbocycles. The Labute approximate surface area is 119 Å². The number of rotatable bonds is 2. The minimum absolute atomic E-state index is 0.140. The van der Waals surface area contributed by atoms with Crippen molar-refractivity contribution < 1.29 is 9.59 Å². The van der Waals surface area contributed by atoms with Crippen molar-refractivity contribution in [3.05, 3.63) is 33.4 Å². The number of benzene rings is 1. The Kier molecular flexibility index (Phi) is 4.18. The van der Waals surface area contributed by atoms with E-state index in [0.717, 1.165) is 3.57 Å². The molecule has 1 aromatic carbocycles. The van der Waals surface area contributed by atoms with Gasteiger partial charge in [-0.3, -0.25) is 9.59 Å². The maximum atomic E-state index is 12.4. The largest absolute Gasteiger partial charge is 0.368 e. The van der Waals surface area contributed by atoms with Gasteiger partial charge in [-0.1, -0.05) is 6.07 Å². The summed E-state index contributed by atoms with van der Waals surface area (Å²) < 4.78 is 0.990. The first-order chi connectivity index (χ1) is 8.59. The molecule has 2 amide bonds. The average Bonchev–Trinajstić information content (AvgIpc) is 2.38. The topological polar surface area (TPSA) is 75.4 Å². The van der Waals surface area contributed by atoms with Crippen LogP contribution in [0.1, 0.15) is 10.4 Å². The molecule has 5 nitrogen and oxygen atoms in total. The van der Waals surface area contributed by atoms with Gasteiger partial charge >= 0.3 is 0 Å². The maximum Gasteiger partial charge on any atom is 0.254 e. The zero-order valence-electron chi connectivity index (χ0n) is 9.73. The van der Waals surface area contributed by atoms with Gasteiger partial charge in [-0.25, -0.2) is 0 Å². The van der Waals surface area contributed by atoms with Gasteiger partial charge in [0.05, 0.1) is 0 Å². The molecular formula is C12H14IN3O2. The molecule has 1 aliphatic heterocycles. The van der Waals surface area contributed by atoms with Gasteiger partial charge in [0.15, 0.2) is 0 Å². The lowest BCUT2D eigenvalue weighted by Gasteiger charge is -2.34. The zero-order chi connectivity index (χ0) is 13.1. The van der Waals surface area contributed by atoms with Crippen LogP contribution in [-0.4, -0.2) is 42.4 Å². The van der Waals surface area contributed by atoms with Crippen molar-refractivity contribution in [3.8, 4) is 0 Å². The third-order valence-corrected chi connectivity index (χ3v) is 3.58. The average molecular weight is 359 g/mol. The maximum absolute atomic E-state index is 12.4. The van der Waals surface area contributed by atoms with Crippen molar-refractivity contribution in [2.45, 2.75) is 6.04 Å². The summed E-state index contributed by atoms with van der Waals surface area (Å²) in [5.41, 5.74) is 5.92. The number of hydrogen-bond acceptors (Lipinski definition) is 3. The molecule has 1 aliphatic rings. The molecule has 0 spiro atoms. The summed E-state index contributed by atoms with van der Waals surface area (Å²) in [6.07, 6.45) is 0. The number of nitrogens with zero attached hydrogens (tertiary/aromatic N) is 1. The highest BCUT2D eigenvalue weighted by molar-refractivity contribution is 14.1. The van der Waals surface area contributed by atoms with Gasteiger partial charge in [0, 0.05) is 28.8 Å². The molecule has 0 bridgehead atoms. The Hall–Kier alpha value is -1.15. The lowest BCUT2D eigenvalue weighted by atomic mass is 10.1. The van der Waals surface area contributed by atoms with E-state index in [1.54, 1.807) is 11.0 Å². The number of hydrogen-bond donors (Lipinski definition) is 2. The number of piperazine rings is 1. The van der Waals surface area contributed by atoms with E-state index in [1.807, 2.05) is 18.2 Å². The van der Waals surface area contributed by atoms with E-state index >= 15 is 0 Å². The van der Waals surface area contributed by atoms with Gasteiger partial charge < -0.3 is 16.0 Å². The summed E-state index contributed by atoms with van der Waals surface area (Å²) >= 11 is 2.15. The molecule has 96 valence electrons. The molecule has 1 saturated heterocycles. The summed E-state index contributed by atoms with van der Waals surface area (Å²) in [5.74, 6) is -0.611. The molecule has 18 heavy (non-hydrogen) atoms. The van der Waals surface area contributed by atoms with Gasteiger partial charge in [0.1, 0.15) is 6.04 Å². The molecule has 1 heterocycles. The molecule has 0 aromatic heterocycles. The number of carbonyl (C=O) groups excluding carboxylic acids is 2. The summed E-state index contributed by atoms with van der Waals surface area (Å²) in [6.45, 7) is 1.60. The van der Waals surface area contributed by atoms with E-state index in [9.17, 15) is 9.59 Å². The molecule has 1 unspecified atom stereocenters. The number of nitrogens with two attached hydrogens (primary N) is 1. The Morgan fingerprint density at radius 3 is 2.89 bits per heavy atom. The molecule has 2 rings (SSSR count). The molecule has 0 radical (unpaired) electrons. The van der Waals surface area contributed by atoms with Crippen molar-refractivity contribution in [2.24, 2.45) is 5.73 Å². The number of halogens is 1. The van der Waals surface area contributed by atoms with E-state index in [1.165, 1.54) is 0 Å². The van der Waals surface area contributed by atoms with Crippen LogP contribution in [0.2, 0.25) is 0 Å². The Bertz CT molecular complexity index is 478. The summed E-state index contributed by atoms with van der Waals surface area (Å²) in [6, 6.07) is 6.74. The van der Waals surface area contributed by atoms with Crippen LogP contribution < -0.4 is 11.1 Å². The van der Waals surface area contributed by atoms with Gasteiger partial charge in [0.25, 0.3) is 5.91 Å². The standard InChI is InChI=1S/C12H14IN3O2/c13-9-3-1-2-8(6-9)12(18)16-5-4-15-7-10(16)11(14)17/h1-3,6,10,15H,4-5,7H2,(H2,14,17). The zero-order valence-corrected chi connectivity index (χ0v) is 11.9. The molecule has 1 atom stereocenters. The van der Waals surface area contributed by atoms with Crippen LogP contribution in [-0.2, 0) is 4.79 Å². The second kappa shape index (κ2) is 5.66. The Balaban J connectivity index is 2.23. The lowest BCUT2D eigenvalue weighted by Crippen LogP contribution is -2.58. The first-order valence-corrected chi connectivity index (χ1v) is 6.74. The molecule has 6 heteroatoms. The molecule has 0 aliphatic carbocycles. The quantitative estimate of drug-likeness (QED) is 0.741. The Morgan fingerprint density at radius 2 is 2.22 bits per heavy atom. The highest BCUT2D eigenvalue weighted by Crippen LogP contribution is 2.13. The molecule has 1 aromatic rings. The summed E-state index contributed by atoms with van der Waals surface area (Å²) in [4.78, 5) is 25.3. The van der Waals surface area contributed by atoms with Crippen molar-refractivity contribution in [1.82, 2.24) is 10.2 Å². The second-order valence-corrected chi connectivity index (χ2v) is 5.38. The normalized spacial score (nSPS) is 19.6. The van der Waals surface area contributed by atoms with E-state index in [2.05, 4.69) is 27.9 Å². The Morgan fingerprint density at radius 1 is 1.44 bits per heavy atom. The highest BCUT2D eigenvalue weighted by Gasteiger charge is 2.31. The van der Waals surface area contributed by atoms with Crippen LogP contribution in [0.4, 0.5) is 0 Å². The van der Waals surface area contributed by atoms with Gasteiger partial charge in [0.2, 0.25) is 5.91 Å². The lowest BCUT2D eigenvalue weighted by molar-refractivity contribution is -0.122. The summed E-state index contributed by atoms with van der Waals surface area (Å²) in [5, 5.41) is 3.07. The first-order valence-electron chi connectivity index (χ1n) is 5.66. The van der Waals surface area contributed by atoms with Gasteiger partial charge in [-0.15, -0.1) is 0 Å². The van der Waals surface area contributed by atoms with Crippen molar-refractivity contribution in [1.29, 1.82) is 0 Å². The van der Waals surface area contributed by atoms with Crippen LogP contribution in [0.25, 0.3) is 0 Å². The molecule has 1 fully saturated rings. The third-order valence-electron chi connectivity index (χ3n) is 2.90. The smallest absolute Gasteiger partial charge is 0.254 e. The van der Waals surface area contributed by atoms with E-state index in [4.69, 9.17) is 5.73 Å². The van der Waals surface area contributed by atoms with Gasteiger partial charge in [-0.2, -0.15) is 0 Å².